The van der Waals surface area contributed by atoms with Gasteiger partial charge in [0.05, 0.1) is 11.0 Å². The third kappa shape index (κ3) is 2.50. The molecule has 0 bridgehead atoms. The zero-order valence-corrected chi connectivity index (χ0v) is 10.5. The molecule has 5 nitrogen and oxygen atoms in total. The highest BCUT2D eigenvalue weighted by atomic mass is 16.6. The average Bonchev–Trinajstić information content (AvgIpc) is 3.20. The molecule has 1 aliphatic rings. The number of nitrogens with zero attached hydrogens (tertiary/aromatic N) is 2. The van der Waals surface area contributed by atoms with Crippen molar-refractivity contribution in [1.82, 2.24) is 4.90 Å². The summed E-state index contributed by atoms with van der Waals surface area (Å²) in [7, 11) is 1.75. The first-order valence-electron chi connectivity index (χ1n) is 6.01. The van der Waals surface area contributed by atoms with E-state index in [-0.39, 0.29) is 23.6 Å². The summed E-state index contributed by atoms with van der Waals surface area (Å²) >= 11 is 0. The third-order valence-corrected chi connectivity index (χ3v) is 3.42. The number of nitro groups is 1. The van der Waals surface area contributed by atoms with Crippen molar-refractivity contribution in [2.45, 2.75) is 25.8 Å². The number of hydrogen-bond acceptors (Lipinski definition) is 3. The molecule has 0 heterocycles. The van der Waals surface area contributed by atoms with Crippen LogP contribution in [-0.2, 0) is 4.79 Å². The molecule has 1 atom stereocenters. The molecule has 0 spiro atoms. The summed E-state index contributed by atoms with van der Waals surface area (Å²) in [5.74, 6) is 0.296. The lowest BCUT2D eigenvalue weighted by molar-refractivity contribution is -0.384. The van der Waals surface area contributed by atoms with Crippen LogP contribution in [0, 0.1) is 16.0 Å². The van der Waals surface area contributed by atoms with E-state index in [4.69, 9.17) is 0 Å². The number of rotatable bonds is 4. The zero-order chi connectivity index (χ0) is 13.3. The number of nitro benzene ring substituents is 1. The monoisotopic (exact) mass is 248 g/mol. The van der Waals surface area contributed by atoms with Gasteiger partial charge in [0.1, 0.15) is 0 Å². The van der Waals surface area contributed by atoms with Gasteiger partial charge in [-0.1, -0.05) is 12.1 Å². The van der Waals surface area contributed by atoms with Crippen molar-refractivity contribution in [3.8, 4) is 0 Å². The van der Waals surface area contributed by atoms with E-state index in [1.807, 2.05) is 13.0 Å². The van der Waals surface area contributed by atoms with Crippen LogP contribution < -0.4 is 0 Å². The topological polar surface area (TPSA) is 63.5 Å². The molecule has 1 unspecified atom stereocenters. The summed E-state index contributed by atoms with van der Waals surface area (Å²) in [6.07, 6.45) is 1.93. The van der Waals surface area contributed by atoms with Crippen LogP contribution in [-0.4, -0.2) is 22.8 Å². The highest BCUT2D eigenvalue weighted by Gasteiger charge is 2.33. The minimum absolute atomic E-state index is 0.0617. The first-order valence-corrected chi connectivity index (χ1v) is 6.01. The van der Waals surface area contributed by atoms with E-state index in [1.54, 1.807) is 18.0 Å². The normalized spacial score (nSPS) is 16.1. The Morgan fingerprint density at radius 3 is 2.72 bits per heavy atom. The van der Waals surface area contributed by atoms with E-state index < -0.39 is 4.92 Å². The van der Waals surface area contributed by atoms with E-state index in [9.17, 15) is 14.9 Å². The number of amides is 1. The molecular formula is C13H16N2O3. The van der Waals surface area contributed by atoms with Crippen molar-refractivity contribution < 1.29 is 9.72 Å². The molecule has 0 radical (unpaired) electrons. The molecule has 2 rings (SSSR count). The van der Waals surface area contributed by atoms with Gasteiger partial charge in [-0.15, -0.1) is 0 Å². The highest BCUT2D eigenvalue weighted by molar-refractivity contribution is 5.81. The van der Waals surface area contributed by atoms with Crippen molar-refractivity contribution in [1.29, 1.82) is 0 Å². The Labute approximate surface area is 106 Å². The third-order valence-electron chi connectivity index (χ3n) is 3.42. The number of benzene rings is 1. The van der Waals surface area contributed by atoms with Crippen LogP contribution in [0.3, 0.4) is 0 Å². The summed E-state index contributed by atoms with van der Waals surface area (Å²) in [5, 5.41) is 10.7. The fraction of sp³-hybridized carbons (Fsp3) is 0.462. The second-order valence-corrected chi connectivity index (χ2v) is 4.75. The SMILES string of the molecule is CC(c1cccc([N+](=O)[O-])c1)N(C)C(=O)C1CC1. The lowest BCUT2D eigenvalue weighted by atomic mass is 10.1. The number of hydrogen-bond donors (Lipinski definition) is 0. The van der Waals surface area contributed by atoms with Crippen molar-refractivity contribution in [3.63, 3.8) is 0 Å². The van der Waals surface area contributed by atoms with Gasteiger partial charge in [0.2, 0.25) is 5.91 Å². The lowest BCUT2D eigenvalue weighted by Crippen LogP contribution is -2.30. The quantitative estimate of drug-likeness (QED) is 0.607. The summed E-state index contributed by atoms with van der Waals surface area (Å²) < 4.78 is 0. The zero-order valence-electron chi connectivity index (χ0n) is 10.5. The van der Waals surface area contributed by atoms with Gasteiger partial charge < -0.3 is 4.90 Å². The molecule has 0 saturated heterocycles. The molecule has 1 fully saturated rings. The maximum absolute atomic E-state index is 11.9. The molecule has 0 aliphatic heterocycles. The van der Waals surface area contributed by atoms with Crippen molar-refractivity contribution in [3.05, 3.63) is 39.9 Å². The van der Waals surface area contributed by atoms with Crippen molar-refractivity contribution in [2.75, 3.05) is 7.05 Å². The number of carbonyl (C=O) groups excluding carboxylic acids is 1. The van der Waals surface area contributed by atoms with Crippen LogP contribution in [0.25, 0.3) is 0 Å². The molecule has 1 aromatic rings. The maximum Gasteiger partial charge on any atom is 0.269 e. The van der Waals surface area contributed by atoms with E-state index in [2.05, 4.69) is 0 Å². The molecule has 1 amide bonds. The molecule has 5 heteroatoms. The molecule has 18 heavy (non-hydrogen) atoms. The molecule has 1 aliphatic carbocycles. The predicted molar refractivity (Wildman–Crippen MR) is 67.0 cm³/mol. The summed E-state index contributed by atoms with van der Waals surface area (Å²) in [6, 6.07) is 6.31. The first-order chi connectivity index (χ1) is 8.50. The molecule has 0 aromatic heterocycles. The van der Waals surface area contributed by atoms with E-state index in [0.717, 1.165) is 18.4 Å². The Morgan fingerprint density at radius 1 is 1.50 bits per heavy atom. The van der Waals surface area contributed by atoms with Gasteiger partial charge in [0, 0.05) is 25.1 Å². The Kier molecular flexibility index (Phi) is 3.32. The van der Waals surface area contributed by atoms with E-state index >= 15 is 0 Å². The van der Waals surface area contributed by atoms with Gasteiger partial charge in [-0.05, 0) is 25.3 Å². The summed E-state index contributed by atoms with van der Waals surface area (Å²) in [4.78, 5) is 23.9. The lowest BCUT2D eigenvalue weighted by Gasteiger charge is -2.25. The fourth-order valence-corrected chi connectivity index (χ4v) is 1.93. The van der Waals surface area contributed by atoms with E-state index in [1.165, 1.54) is 12.1 Å². The Bertz CT molecular complexity index is 483. The van der Waals surface area contributed by atoms with Gasteiger partial charge in [-0.2, -0.15) is 0 Å². The van der Waals surface area contributed by atoms with Gasteiger partial charge in [-0.25, -0.2) is 0 Å². The largest absolute Gasteiger partial charge is 0.339 e. The van der Waals surface area contributed by atoms with Crippen LogP contribution in [0.2, 0.25) is 0 Å². The Morgan fingerprint density at radius 2 is 2.17 bits per heavy atom. The summed E-state index contributed by atoms with van der Waals surface area (Å²) in [5.41, 5.74) is 0.854. The fourth-order valence-electron chi connectivity index (χ4n) is 1.93. The second kappa shape index (κ2) is 4.76. The first kappa shape index (κ1) is 12.5. The number of carbonyl (C=O) groups is 1. The van der Waals surface area contributed by atoms with Gasteiger partial charge >= 0.3 is 0 Å². The second-order valence-electron chi connectivity index (χ2n) is 4.75. The van der Waals surface area contributed by atoms with Crippen LogP contribution in [0.4, 0.5) is 5.69 Å². The minimum Gasteiger partial charge on any atom is -0.339 e. The predicted octanol–water partition coefficient (Wildman–Crippen LogP) is 2.52. The molecule has 0 N–H and O–H groups in total. The summed E-state index contributed by atoms with van der Waals surface area (Å²) in [6.45, 7) is 1.89. The molecule has 96 valence electrons. The average molecular weight is 248 g/mol. The Hall–Kier alpha value is -1.91. The smallest absolute Gasteiger partial charge is 0.269 e. The molecular weight excluding hydrogens is 232 g/mol. The Balaban J connectivity index is 2.16. The van der Waals surface area contributed by atoms with Crippen LogP contribution in [0.15, 0.2) is 24.3 Å². The minimum atomic E-state index is -0.418. The van der Waals surface area contributed by atoms with Crippen molar-refractivity contribution in [2.24, 2.45) is 5.92 Å². The van der Waals surface area contributed by atoms with Crippen LogP contribution in [0.1, 0.15) is 31.4 Å². The molecule has 1 aromatic carbocycles. The van der Waals surface area contributed by atoms with Gasteiger partial charge in [0.25, 0.3) is 5.69 Å². The van der Waals surface area contributed by atoms with Gasteiger partial charge in [0.15, 0.2) is 0 Å². The van der Waals surface area contributed by atoms with E-state index in [0.29, 0.717) is 0 Å². The maximum atomic E-state index is 11.9. The highest BCUT2D eigenvalue weighted by Crippen LogP contribution is 2.33. The van der Waals surface area contributed by atoms with Crippen LogP contribution >= 0.6 is 0 Å². The number of non-ortho nitro benzene ring substituents is 1. The van der Waals surface area contributed by atoms with Gasteiger partial charge in [-0.3, -0.25) is 14.9 Å². The molecule has 1 saturated carbocycles. The standard InChI is InChI=1S/C13H16N2O3/c1-9(14(2)13(16)10-6-7-10)11-4-3-5-12(8-11)15(17)18/h3-5,8-10H,6-7H2,1-2H3. The van der Waals surface area contributed by atoms with Crippen molar-refractivity contribution >= 4 is 11.6 Å². The van der Waals surface area contributed by atoms with Crippen LogP contribution in [0.5, 0.6) is 0 Å².